The van der Waals surface area contributed by atoms with E-state index in [1.807, 2.05) is 20.8 Å². The smallest absolute Gasteiger partial charge is 0.261 e. The predicted octanol–water partition coefficient (Wildman–Crippen LogP) is 2.46. The number of halogens is 1. The Bertz CT molecular complexity index is 501. The van der Waals surface area contributed by atoms with Crippen LogP contribution in [0.4, 0.5) is 0 Å². The number of hydrogen-bond acceptors (Lipinski definition) is 2. The van der Waals surface area contributed by atoms with Crippen molar-refractivity contribution in [3.8, 4) is 0 Å². The van der Waals surface area contributed by atoms with Crippen LogP contribution in [0.25, 0.3) is 0 Å². The minimum Gasteiger partial charge on any atom is -0.347 e. The van der Waals surface area contributed by atoms with E-state index in [1.165, 1.54) is 0 Å². The summed E-state index contributed by atoms with van der Waals surface area (Å²) in [7, 11) is 0. The summed E-state index contributed by atoms with van der Waals surface area (Å²) < 4.78 is 0.924. The topological polar surface area (TPSA) is 62.0 Å². The molecule has 100 valence electrons. The van der Waals surface area contributed by atoms with Crippen molar-refractivity contribution < 1.29 is 4.79 Å². The molecule has 1 amide bonds. The lowest BCUT2D eigenvalue weighted by Crippen LogP contribution is -2.42. The molecule has 0 aliphatic heterocycles. The van der Waals surface area contributed by atoms with Crippen LogP contribution in [0.3, 0.4) is 0 Å². The second-order valence-corrected chi connectivity index (χ2v) is 6.45. The van der Waals surface area contributed by atoms with Crippen molar-refractivity contribution in [1.82, 2.24) is 10.3 Å². The van der Waals surface area contributed by atoms with Gasteiger partial charge in [-0.2, -0.15) is 0 Å². The Labute approximate surface area is 121 Å². The average molecular weight is 362 g/mol. The van der Waals surface area contributed by atoms with Crippen molar-refractivity contribution in [2.75, 3.05) is 0 Å². The number of rotatable bonds is 3. The average Bonchev–Trinajstić information content (AvgIpc) is 2.20. The summed E-state index contributed by atoms with van der Waals surface area (Å²) in [5.74, 6) is -0.329. The number of amides is 1. The van der Waals surface area contributed by atoms with Gasteiger partial charge in [-0.05, 0) is 55.8 Å². The molecule has 2 N–H and O–H groups in total. The van der Waals surface area contributed by atoms with Crippen molar-refractivity contribution >= 4 is 28.5 Å². The van der Waals surface area contributed by atoms with Crippen molar-refractivity contribution in [2.24, 2.45) is 0 Å². The van der Waals surface area contributed by atoms with Gasteiger partial charge in [-0.15, -0.1) is 0 Å². The maximum atomic E-state index is 12.0. The molecule has 5 heteroatoms. The molecule has 0 atom stereocenters. The van der Waals surface area contributed by atoms with E-state index in [1.54, 1.807) is 6.07 Å². The third kappa shape index (κ3) is 4.12. The van der Waals surface area contributed by atoms with Gasteiger partial charge >= 0.3 is 0 Å². The van der Waals surface area contributed by atoms with E-state index < -0.39 is 0 Å². The van der Waals surface area contributed by atoms with Crippen LogP contribution in [0, 0.1) is 3.57 Å². The first-order valence-corrected chi connectivity index (χ1v) is 7.06. The fourth-order valence-electron chi connectivity index (χ4n) is 1.55. The van der Waals surface area contributed by atoms with Crippen molar-refractivity contribution in [1.29, 1.82) is 0 Å². The van der Waals surface area contributed by atoms with Crippen LogP contribution in [0.5, 0.6) is 0 Å². The van der Waals surface area contributed by atoms with Crippen LogP contribution in [-0.2, 0) is 6.42 Å². The number of aromatic nitrogens is 1. The lowest BCUT2D eigenvalue weighted by Gasteiger charge is -2.20. The van der Waals surface area contributed by atoms with E-state index in [-0.39, 0.29) is 22.6 Å². The van der Waals surface area contributed by atoms with Gasteiger partial charge in [-0.1, -0.05) is 13.3 Å². The molecule has 0 unspecified atom stereocenters. The number of H-pyrrole nitrogens is 1. The molecular formula is C13H19IN2O2. The first kappa shape index (κ1) is 15.2. The zero-order chi connectivity index (χ0) is 13.9. The van der Waals surface area contributed by atoms with Gasteiger partial charge in [0.2, 0.25) is 0 Å². The molecule has 1 aromatic rings. The quantitative estimate of drug-likeness (QED) is 0.812. The number of aromatic amines is 1. The summed E-state index contributed by atoms with van der Waals surface area (Å²) in [5.41, 5.74) is 0.405. The minimum absolute atomic E-state index is 0.175. The Morgan fingerprint density at radius 3 is 2.56 bits per heavy atom. The maximum Gasteiger partial charge on any atom is 0.261 e. The van der Waals surface area contributed by atoms with Gasteiger partial charge in [0.1, 0.15) is 5.56 Å². The van der Waals surface area contributed by atoms with Gasteiger partial charge < -0.3 is 10.3 Å². The van der Waals surface area contributed by atoms with Gasteiger partial charge in [-0.3, -0.25) is 9.59 Å². The molecule has 0 aliphatic rings. The molecule has 4 nitrogen and oxygen atoms in total. The highest BCUT2D eigenvalue weighted by Crippen LogP contribution is 2.12. The van der Waals surface area contributed by atoms with E-state index >= 15 is 0 Å². The Kier molecular flexibility index (Phi) is 4.95. The number of carbonyl (C=O) groups excluding carboxylic acids is 1. The second-order valence-electron chi connectivity index (χ2n) is 5.29. The van der Waals surface area contributed by atoms with E-state index in [4.69, 9.17) is 0 Å². The Morgan fingerprint density at radius 2 is 2.06 bits per heavy atom. The summed E-state index contributed by atoms with van der Waals surface area (Å²) in [5, 5.41) is 2.79. The highest BCUT2D eigenvalue weighted by molar-refractivity contribution is 14.1. The minimum atomic E-state index is -0.350. The van der Waals surface area contributed by atoms with Crippen LogP contribution < -0.4 is 10.9 Å². The van der Waals surface area contributed by atoms with Gasteiger partial charge in [0, 0.05) is 14.8 Å². The third-order valence-electron chi connectivity index (χ3n) is 2.30. The summed E-state index contributed by atoms with van der Waals surface area (Å²) in [6.45, 7) is 7.70. The third-order valence-corrected chi connectivity index (χ3v) is 3.26. The van der Waals surface area contributed by atoms with Crippen LogP contribution >= 0.6 is 22.6 Å². The summed E-state index contributed by atoms with van der Waals surface area (Å²) in [4.78, 5) is 26.6. The number of aryl methyl sites for hydroxylation is 1. The molecule has 0 bridgehead atoms. The molecule has 0 saturated carbocycles. The molecule has 1 heterocycles. The summed E-state index contributed by atoms with van der Waals surface area (Å²) >= 11 is 2.15. The molecule has 0 spiro atoms. The standard InChI is InChI=1S/C13H19IN2O2/c1-5-6-10-9(14)7-8(11(17)15-10)12(18)16-13(2,3)4/h7H,5-6H2,1-4H3,(H,15,17)(H,16,18). The van der Waals surface area contributed by atoms with Crippen LogP contribution in [0.2, 0.25) is 0 Å². The van der Waals surface area contributed by atoms with Gasteiger partial charge in [0.25, 0.3) is 11.5 Å². The fraction of sp³-hybridized carbons (Fsp3) is 0.538. The fourth-order valence-corrected chi connectivity index (χ4v) is 2.27. The highest BCUT2D eigenvalue weighted by Gasteiger charge is 2.18. The van der Waals surface area contributed by atoms with Crippen LogP contribution in [0.1, 0.15) is 50.2 Å². The molecule has 0 saturated heterocycles. The number of nitrogens with one attached hydrogen (secondary N) is 2. The molecule has 0 aromatic carbocycles. The SMILES string of the molecule is CCCc1[nH]c(=O)c(C(=O)NC(C)(C)C)cc1I. The zero-order valence-electron chi connectivity index (χ0n) is 11.2. The zero-order valence-corrected chi connectivity index (χ0v) is 13.3. The van der Waals surface area contributed by atoms with E-state index in [2.05, 4.69) is 39.8 Å². The molecule has 1 aromatic heterocycles. The number of carbonyl (C=O) groups is 1. The molecule has 0 fully saturated rings. The molecule has 0 radical (unpaired) electrons. The monoisotopic (exact) mass is 362 g/mol. The number of pyridine rings is 1. The van der Waals surface area contributed by atoms with Crippen molar-refractivity contribution in [3.63, 3.8) is 0 Å². The van der Waals surface area contributed by atoms with Crippen molar-refractivity contribution in [2.45, 2.75) is 46.1 Å². The molecule has 1 rings (SSSR count). The molecule has 18 heavy (non-hydrogen) atoms. The second kappa shape index (κ2) is 5.86. The van der Waals surface area contributed by atoms with E-state index in [9.17, 15) is 9.59 Å². The van der Waals surface area contributed by atoms with E-state index in [0.29, 0.717) is 0 Å². The van der Waals surface area contributed by atoms with Crippen LogP contribution in [-0.4, -0.2) is 16.4 Å². The predicted molar refractivity (Wildman–Crippen MR) is 81.0 cm³/mol. The first-order valence-electron chi connectivity index (χ1n) is 5.99. The summed E-state index contributed by atoms with van der Waals surface area (Å²) in [6.07, 6.45) is 1.77. The van der Waals surface area contributed by atoms with Gasteiger partial charge in [-0.25, -0.2) is 0 Å². The lowest BCUT2D eigenvalue weighted by molar-refractivity contribution is 0.0918. The Balaban J connectivity index is 3.08. The molecule has 0 aliphatic carbocycles. The first-order chi connectivity index (χ1) is 8.24. The number of hydrogen-bond donors (Lipinski definition) is 2. The largest absolute Gasteiger partial charge is 0.347 e. The van der Waals surface area contributed by atoms with E-state index in [0.717, 1.165) is 22.1 Å². The Hall–Kier alpha value is -0.850. The van der Waals surface area contributed by atoms with Crippen LogP contribution in [0.15, 0.2) is 10.9 Å². The van der Waals surface area contributed by atoms with Gasteiger partial charge in [0.05, 0.1) is 0 Å². The lowest BCUT2D eigenvalue weighted by atomic mass is 10.1. The molecular weight excluding hydrogens is 343 g/mol. The maximum absolute atomic E-state index is 12.0. The Morgan fingerprint density at radius 1 is 1.44 bits per heavy atom. The van der Waals surface area contributed by atoms with Crippen molar-refractivity contribution in [3.05, 3.63) is 31.2 Å². The highest BCUT2D eigenvalue weighted by atomic mass is 127. The normalized spacial score (nSPS) is 11.4. The van der Waals surface area contributed by atoms with Gasteiger partial charge in [0.15, 0.2) is 0 Å². The summed E-state index contributed by atoms with van der Waals surface area (Å²) in [6, 6.07) is 1.66.